The molecule has 1 amide bonds. The molecule has 0 aliphatic rings. The first-order valence-electron chi connectivity index (χ1n) is 7.43. The fourth-order valence-electron chi connectivity index (χ4n) is 2.23. The van der Waals surface area contributed by atoms with E-state index in [1.54, 1.807) is 42.4 Å². The Labute approximate surface area is 149 Å². The molecule has 0 bridgehead atoms. The highest BCUT2D eigenvalue weighted by Crippen LogP contribution is 2.24. The summed E-state index contributed by atoms with van der Waals surface area (Å²) in [6, 6.07) is 12.6. The SMILES string of the molecule is COc1cccc(/C=C/C(=O)Nc2cc(Cl)ccc2-n2cncn2)c1. The van der Waals surface area contributed by atoms with Crippen molar-refractivity contribution in [1.82, 2.24) is 14.8 Å². The van der Waals surface area contributed by atoms with E-state index >= 15 is 0 Å². The molecule has 1 N–H and O–H groups in total. The summed E-state index contributed by atoms with van der Waals surface area (Å²) < 4.78 is 6.72. The second-order valence-corrected chi connectivity index (χ2v) is 5.54. The second kappa shape index (κ2) is 7.63. The lowest BCUT2D eigenvalue weighted by atomic mass is 10.2. The van der Waals surface area contributed by atoms with E-state index in [0.717, 1.165) is 11.3 Å². The largest absolute Gasteiger partial charge is 0.497 e. The number of nitrogens with zero attached hydrogens (tertiary/aromatic N) is 3. The lowest BCUT2D eigenvalue weighted by Gasteiger charge is -2.10. The summed E-state index contributed by atoms with van der Waals surface area (Å²) in [5, 5.41) is 7.39. The summed E-state index contributed by atoms with van der Waals surface area (Å²) in [6.07, 6.45) is 6.12. The van der Waals surface area contributed by atoms with Crippen LogP contribution in [0.25, 0.3) is 11.8 Å². The number of hydrogen-bond donors (Lipinski definition) is 1. The molecule has 6 nitrogen and oxygen atoms in total. The Bertz CT molecular complexity index is 907. The Hall–Kier alpha value is -3.12. The number of rotatable bonds is 5. The minimum absolute atomic E-state index is 0.286. The number of amides is 1. The summed E-state index contributed by atoms with van der Waals surface area (Å²) in [4.78, 5) is 16.2. The monoisotopic (exact) mass is 354 g/mol. The van der Waals surface area contributed by atoms with Gasteiger partial charge in [-0.15, -0.1) is 0 Å². The van der Waals surface area contributed by atoms with Crippen molar-refractivity contribution < 1.29 is 9.53 Å². The molecule has 0 aliphatic heterocycles. The summed E-state index contributed by atoms with van der Waals surface area (Å²) in [5.74, 6) is 0.442. The molecule has 0 radical (unpaired) electrons. The molecule has 7 heteroatoms. The van der Waals surface area contributed by atoms with E-state index in [-0.39, 0.29) is 5.91 Å². The maximum Gasteiger partial charge on any atom is 0.248 e. The molecule has 0 spiro atoms. The van der Waals surface area contributed by atoms with Gasteiger partial charge < -0.3 is 10.1 Å². The highest BCUT2D eigenvalue weighted by atomic mass is 35.5. The molecule has 3 rings (SSSR count). The van der Waals surface area contributed by atoms with Gasteiger partial charge in [0.2, 0.25) is 5.91 Å². The molecule has 0 saturated carbocycles. The fraction of sp³-hybridized carbons (Fsp3) is 0.0556. The molecule has 0 aliphatic carbocycles. The van der Waals surface area contributed by atoms with Crippen molar-refractivity contribution in [3.05, 3.63) is 71.8 Å². The molecule has 0 unspecified atom stereocenters. The van der Waals surface area contributed by atoms with Crippen molar-refractivity contribution in [2.75, 3.05) is 12.4 Å². The summed E-state index contributed by atoms with van der Waals surface area (Å²) in [6.45, 7) is 0. The molecule has 2 aromatic carbocycles. The second-order valence-electron chi connectivity index (χ2n) is 5.10. The van der Waals surface area contributed by atoms with Gasteiger partial charge in [0.1, 0.15) is 18.4 Å². The van der Waals surface area contributed by atoms with Crippen molar-refractivity contribution in [1.29, 1.82) is 0 Å². The van der Waals surface area contributed by atoms with Gasteiger partial charge in [-0.3, -0.25) is 4.79 Å². The smallest absolute Gasteiger partial charge is 0.248 e. The summed E-state index contributed by atoms with van der Waals surface area (Å²) in [7, 11) is 1.60. The number of ether oxygens (including phenoxy) is 1. The number of hydrogen-bond acceptors (Lipinski definition) is 4. The predicted octanol–water partition coefficient (Wildman–Crippen LogP) is 3.58. The molecular weight excluding hydrogens is 340 g/mol. The first-order chi connectivity index (χ1) is 12.2. The van der Waals surface area contributed by atoms with E-state index in [2.05, 4.69) is 15.4 Å². The van der Waals surface area contributed by atoms with Gasteiger partial charge in [0.05, 0.1) is 18.5 Å². The van der Waals surface area contributed by atoms with Crippen LogP contribution < -0.4 is 10.1 Å². The van der Waals surface area contributed by atoms with E-state index in [1.807, 2.05) is 24.3 Å². The van der Waals surface area contributed by atoms with Gasteiger partial charge in [0.25, 0.3) is 0 Å². The van der Waals surface area contributed by atoms with Crippen molar-refractivity contribution in [3.63, 3.8) is 0 Å². The molecule has 3 aromatic rings. The number of benzene rings is 2. The lowest BCUT2D eigenvalue weighted by Crippen LogP contribution is -2.11. The van der Waals surface area contributed by atoms with Crippen LogP contribution >= 0.6 is 11.6 Å². The number of halogens is 1. The maximum atomic E-state index is 12.3. The Morgan fingerprint density at radius 1 is 1.28 bits per heavy atom. The van der Waals surface area contributed by atoms with E-state index < -0.39 is 0 Å². The first-order valence-corrected chi connectivity index (χ1v) is 7.81. The van der Waals surface area contributed by atoms with Gasteiger partial charge in [-0.1, -0.05) is 23.7 Å². The fourth-order valence-corrected chi connectivity index (χ4v) is 2.40. The molecule has 1 heterocycles. The third-order valence-electron chi connectivity index (χ3n) is 3.40. The van der Waals surface area contributed by atoms with Gasteiger partial charge in [-0.2, -0.15) is 5.10 Å². The number of methoxy groups -OCH3 is 1. The number of anilines is 1. The van der Waals surface area contributed by atoms with Crippen LogP contribution in [0.5, 0.6) is 5.75 Å². The minimum Gasteiger partial charge on any atom is -0.497 e. The standard InChI is InChI=1S/C18H15ClN4O2/c1-25-15-4-2-3-13(9-15)5-8-18(24)22-16-10-14(19)6-7-17(16)23-12-20-11-21-23/h2-12H,1H3,(H,22,24)/b8-5+. The lowest BCUT2D eigenvalue weighted by molar-refractivity contribution is -0.111. The summed E-state index contributed by atoms with van der Waals surface area (Å²) in [5.41, 5.74) is 2.07. The van der Waals surface area contributed by atoms with Crippen LogP contribution in [0.4, 0.5) is 5.69 Å². The predicted molar refractivity (Wildman–Crippen MR) is 97.0 cm³/mol. The Morgan fingerprint density at radius 2 is 2.16 bits per heavy atom. The topological polar surface area (TPSA) is 69.0 Å². The number of carbonyl (C=O) groups excluding carboxylic acids is 1. The van der Waals surface area contributed by atoms with Gasteiger partial charge in [0.15, 0.2) is 0 Å². The average Bonchev–Trinajstić information content (AvgIpc) is 3.15. The molecule has 126 valence electrons. The van der Waals surface area contributed by atoms with Crippen molar-refractivity contribution in [3.8, 4) is 11.4 Å². The minimum atomic E-state index is -0.286. The number of carbonyl (C=O) groups is 1. The quantitative estimate of drug-likeness (QED) is 0.711. The van der Waals surface area contributed by atoms with Crippen molar-refractivity contribution >= 4 is 29.3 Å². The van der Waals surface area contributed by atoms with Crippen LogP contribution in [0.1, 0.15) is 5.56 Å². The molecule has 0 fully saturated rings. The van der Waals surface area contributed by atoms with Crippen LogP contribution in [-0.4, -0.2) is 27.8 Å². The third-order valence-corrected chi connectivity index (χ3v) is 3.64. The van der Waals surface area contributed by atoms with E-state index in [1.165, 1.54) is 12.4 Å². The van der Waals surface area contributed by atoms with Gasteiger partial charge in [0, 0.05) is 11.1 Å². The average molecular weight is 355 g/mol. The molecular formula is C18H15ClN4O2. The van der Waals surface area contributed by atoms with Crippen LogP contribution in [0.2, 0.25) is 5.02 Å². The highest BCUT2D eigenvalue weighted by Gasteiger charge is 2.08. The van der Waals surface area contributed by atoms with Crippen LogP contribution in [-0.2, 0) is 4.79 Å². The zero-order valence-electron chi connectivity index (χ0n) is 13.4. The Balaban J connectivity index is 1.79. The molecule has 1 aromatic heterocycles. The zero-order chi connectivity index (χ0) is 17.6. The zero-order valence-corrected chi connectivity index (χ0v) is 14.1. The third kappa shape index (κ3) is 4.24. The number of nitrogens with one attached hydrogen (secondary N) is 1. The molecule has 25 heavy (non-hydrogen) atoms. The Morgan fingerprint density at radius 3 is 2.92 bits per heavy atom. The first kappa shape index (κ1) is 16.7. The van der Waals surface area contributed by atoms with Crippen LogP contribution in [0, 0.1) is 0 Å². The Kier molecular flexibility index (Phi) is 5.11. The van der Waals surface area contributed by atoms with E-state index in [4.69, 9.17) is 16.3 Å². The molecule has 0 saturated heterocycles. The van der Waals surface area contributed by atoms with Gasteiger partial charge >= 0.3 is 0 Å². The molecule has 0 atom stereocenters. The van der Waals surface area contributed by atoms with Crippen molar-refractivity contribution in [2.24, 2.45) is 0 Å². The van der Waals surface area contributed by atoms with Crippen LogP contribution in [0.15, 0.2) is 61.2 Å². The maximum absolute atomic E-state index is 12.3. The van der Waals surface area contributed by atoms with E-state index in [9.17, 15) is 4.79 Å². The van der Waals surface area contributed by atoms with Crippen LogP contribution in [0.3, 0.4) is 0 Å². The van der Waals surface area contributed by atoms with Gasteiger partial charge in [-0.25, -0.2) is 9.67 Å². The number of aromatic nitrogens is 3. The summed E-state index contributed by atoms with van der Waals surface area (Å²) >= 11 is 6.04. The van der Waals surface area contributed by atoms with Gasteiger partial charge in [-0.05, 0) is 42.0 Å². The van der Waals surface area contributed by atoms with Crippen molar-refractivity contribution in [2.45, 2.75) is 0 Å². The highest BCUT2D eigenvalue weighted by molar-refractivity contribution is 6.31. The van der Waals surface area contributed by atoms with E-state index in [0.29, 0.717) is 16.4 Å². The normalized spacial score (nSPS) is 10.8.